The summed E-state index contributed by atoms with van der Waals surface area (Å²) in [6.07, 6.45) is 2.62. The van der Waals surface area contributed by atoms with E-state index in [0.717, 1.165) is 16.5 Å². The lowest BCUT2D eigenvalue weighted by molar-refractivity contribution is -0.124. The maximum Gasteiger partial charge on any atom is 0.338 e. The number of aromatic nitrogens is 1. The van der Waals surface area contributed by atoms with E-state index in [0.29, 0.717) is 24.1 Å². The third kappa shape index (κ3) is 4.29. The highest BCUT2D eigenvalue weighted by Gasteiger charge is 2.10. The van der Waals surface area contributed by atoms with Crippen LogP contribution in [-0.2, 0) is 22.6 Å². The number of carbonyl (C=O) groups excluding carboxylic acids is 2. The Labute approximate surface area is 150 Å². The molecule has 0 saturated heterocycles. The third-order valence-electron chi connectivity index (χ3n) is 4.10. The fourth-order valence-corrected chi connectivity index (χ4v) is 2.69. The van der Waals surface area contributed by atoms with Crippen LogP contribution in [0.5, 0.6) is 0 Å². The van der Waals surface area contributed by atoms with Gasteiger partial charge in [0.05, 0.1) is 12.2 Å². The number of carbonyl (C=O) groups is 2. The Balaban J connectivity index is 1.43. The molecule has 0 spiro atoms. The van der Waals surface area contributed by atoms with E-state index >= 15 is 0 Å². The first-order valence-electron chi connectivity index (χ1n) is 8.36. The Morgan fingerprint density at radius 3 is 2.62 bits per heavy atom. The normalized spacial score (nSPS) is 10.7. The van der Waals surface area contributed by atoms with Gasteiger partial charge in [0.25, 0.3) is 5.91 Å². The maximum absolute atomic E-state index is 11.9. The summed E-state index contributed by atoms with van der Waals surface area (Å²) in [7, 11) is 0. The van der Waals surface area contributed by atoms with E-state index in [1.165, 1.54) is 0 Å². The van der Waals surface area contributed by atoms with Gasteiger partial charge < -0.3 is 20.1 Å². The van der Waals surface area contributed by atoms with Crippen molar-refractivity contribution in [2.24, 2.45) is 0 Å². The number of H-pyrrole nitrogens is 1. The van der Waals surface area contributed by atoms with Gasteiger partial charge in [0.15, 0.2) is 6.61 Å². The summed E-state index contributed by atoms with van der Waals surface area (Å²) in [6.45, 7) is 0.0477. The summed E-state index contributed by atoms with van der Waals surface area (Å²) < 4.78 is 5.00. The predicted octanol–water partition coefficient (Wildman–Crippen LogP) is 2.18. The molecule has 3 aromatic rings. The molecule has 26 heavy (non-hydrogen) atoms. The topological polar surface area (TPSA) is 91.4 Å². The summed E-state index contributed by atoms with van der Waals surface area (Å²) >= 11 is 0. The molecule has 6 heteroatoms. The van der Waals surface area contributed by atoms with Crippen molar-refractivity contribution >= 4 is 22.8 Å². The fourth-order valence-electron chi connectivity index (χ4n) is 2.69. The van der Waals surface area contributed by atoms with E-state index in [1.807, 2.05) is 30.5 Å². The summed E-state index contributed by atoms with van der Waals surface area (Å²) in [5.74, 6) is -0.911. The summed E-state index contributed by atoms with van der Waals surface area (Å²) in [4.78, 5) is 26.9. The van der Waals surface area contributed by atoms with Gasteiger partial charge in [0.1, 0.15) is 0 Å². The van der Waals surface area contributed by atoms with Crippen molar-refractivity contribution in [3.63, 3.8) is 0 Å². The number of hydrogen-bond acceptors (Lipinski definition) is 4. The summed E-state index contributed by atoms with van der Waals surface area (Å²) in [5.41, 5.74) is 3.24. The Hall–Kier alpha value is -3.12. The minimum Gasteiger partial charge on any atom is -0.452 e. The van der Waals surface area contributed by atoms with Crippen LogP contribution >= 0.6 is 0 Å². The number of amides is 1. The van der Waals surface area contributed by atoms with Crippen molar-refractivity contribution in [3.05, 3.63) is 71.4 Å². The van der Waals surface area contributed by atoms with Crippen LogP contribution in [-0.4, -0.2) is 35.1 Å². The molecule has 1 aromatic heterocycles. The maximum atomic E-state index is 11.9. The van der Waals surface area contributed by atoms with Gasteiger partial charge in [0.2, 0.25) is 0 Å². The first-order valence-corrected chi connectivity index (χ1v) is 8.36. The van der Waals surface area contributed by atoms with Gasteiger partial charge in [-0.2, -0.15) is 0 Å². The molecular formula is C20H20N2O4. The van der Waals surface area contributed by atoms with Gasteiger partial charge in [0, 0.05) is 23.6 Å². The lowest BCUT2D eigenvalue weighted by Gasteiger charge is -2.07. The van der Waals surface area contributed by atoms with Gasteiger partial charge in [-0.3, -0.25) is 4.79 Å². The largest absolute Gasteiger partial charge is 0.452 e. The van der Waals surface area contributed by atoms with E-state index in [9.17, 15) is 9.59 Å². The standard InChI is InChI=1S/C20H20N2O4/c23-12-14-5-7-15(8-6-14)20(25)26-13-19(24)21-10-9-16-11-22-18-4-2-1-3-17(16)18/h1-8,11,22-23H,9-10,12-13H2,(H,21,24). The highest BCUT2D eigenvalue weighted by molar-refractivity contribution is 5.91. The van der Waals surface area contributed by atoms with E-state index in [2.05, 4.69) is 10.3 Å². The number of ether oxygens (including phenoxy) is 1. The Bertz CT molecular complexity index is 900. The van der Waals surface area contributed by atoms with E-state index in [4.69, 9.17) is 9.84 Å². The van der Waals surface area contributed by atoms with Crippen molar-refractivity contribution < 1.29 is 19.4 Å². The number of para-hydroxylation sites is 1. The highest BCUT2D eigenvalue weighted by atomic mass is 16.5. The van der Waals surface area contributed by atoms with Crippen LogP contribution in [0, 0.1) is 0 Å². The number of fused-ring (bicyclic) bond motifs is 1. The number of aromatic amines is 1. The van der Waals surface area contributed by atoms with Crippen molar-refractivity contribution in [1.29, 1.82) is 0 Å². The number of esters is 1. The molecule has 0 aliphatic rings. The molecule has 0 fully saturated rings. The molecule has 1 amide bonds. The number of benzene rings is 2. The summed E-state index contributed by atoms with van der Waals surface area (Å²) in [6, 6.07) is 14.4. The molecule has 0 aliphatic heterocycles. The second kappa shape index (κ2) is 8.31. The van der Waals surface area contributed by atoms with Gasteiger partial charge >= 0.3 is 5.97 Å². The smallest absolute Gasteiger partial charge is 0.338 e. The number of nitrogens with one attached hydrogen (secondary N) is 2. The minimum atomic E-state index is -0.568. The zero-order valence-corrected chi connectivity index (χ0v) is 14.2. The monoisotopic (exact) mass is 352 g/mol. The number of aliphatic hydroxyl groups excluding tert-OH is 1. The van der Waals surface area contributed by atoms with E-state index < -0.39 is 5.97 Å². The molecule has 134 valence electrons. The molecule has 6 nitrogen and oxygen atoms in total. The van der Waals surface area contributed by atoms with Crippen LogP contribution in [0.3, 0.4) is 0 Å². The second-order valence-electron chi connectivity index (χ2n) is 5.89. The molecule has 1 heterocycles. The lowest BCUT2D eigenvalue weighted by Crippen LogP contribution is -2.30. The molecular weight excluding hydrogens is 332 g/mol. The van der Waals surface area contributed by atoms with Crippen LogP contribution in [0.2, 0.25) is 0 Å². The molecule has 0 aliphatic carbocycles. The zero-order chi connectivity index (χ0) is 18.4. The molecule has 0 radical (unpaired) electrons. The molecule has 3 N–H and O–H groups in total. The molecule has 0 unspecified atom stereocenters. The Morgan fingerprint density at radius 2 is 1.85 bits per heavy atom. The van der Waals surface area contributed by atoms with Gasteiger partial charge in [-0.15, -0.1) is 0 Å². The van der Waals surface area contributed by atoms with Crippen LogP contribution in [0.1, 0.15) is 21.5 Å². The molecule has 0 atom stereocenters. The average Bonchev–Trinajstić information content (AvgIpc) is 3.09. The second-order valence-corrected chi connectivity index (χ2v) is 5.89. The highest BCUT2D eigenvalue weighted by Crippen LogP contribution is 2.17. The average molecular weight is 352 g/mol. The van der Waals surface area contributed by atoms with Crippen LogP contribution < -0.4 is 5.32 Å². The lowest BCUT2D eigenvalue weighted by atomic mass is 10.1. The Morgan fingerprint density at radius 1 is 1.08 bits per heavy atom. The fraction of sp³-hybridized carbons (Fsp3) is 0.200. The van der Waals surface area contributed by atoms with E-state index in [-0.39, 0.29) is 19.1 Å². The molecule has 2 aromatic carbocycles. The molecule has 3 rings (SSSR count). The van der Waals surface area contributed by atoms with Crippen molar-refractivity contribution in [1.82, 2.24) is 10.3 Å². The van der Waals surface area contributed by atoms with Crippen molar-refractivity contribution in [2.45, 2.75) is 13.0 Å². The van der Waals surface area contributed by atoms with Crippen LogP contribution in [0.15, 0.2) is 54.7 Å². The predicted molar refractivity (Wildman–Crippen MR) is 97.7 cm³/mol. The number of rotatable bonds is 7. The first kappa shape index (κ1) is 17.7. The van der Waals surface area contributed by atoms with Gasteiger partial charge in [-0.05, 0) is 35.7 Å². The number of hydrogen-bond donors (Lipinski definition) is 3. The first-order chi connectivity index (χ1) is 12.7. The van der Waals surface area contributed by atoms with Gasteiger partial charge in [-0.1, -0.05) is 30.3 Å². The van der Waals surface area contributed by atoms with E-state index in [1.54, 1.807) is 24.3 Å². The molecule has 0 saturated carbocycles. The number of aliphatic hydroxyl groups is 1. The molecule has 0 bridgehead atoms. The van der Waals surface area contributed by atoms with Crippen molar-refractivity contribution in [2.75, 3.05) is 13.2 Å². The quantitative estimate of drug-likeness (QED) is 0.568. The van der Waals surface area contributed by atoms with Crippen LogP contribution in [0.4, 0.5) is 0 Å². The van der Waals surface area contributed by atoms with Crippen molar-refractivity contribution in [3.8, 4) is 0 Å². The zero-order valence-electron chi connectivity index (χ0n) is 14.2. The Kier molecular flexibility index (Phi) is 5.66. The van der Waals surface area contributed by atoms with Gasteiger partial charge in [-0.25, -0.2) is 4.79 Å². The summed E-state index contributed by atoms with van der Waals surface area (Å²) in [5, 5.41) is 12.9. The minimum absolute atomic E-state index is 0.0891. The van der Waals surface area contributed by atoms with Crippen LogP contribution in [0.25, 0.3) is 10.9 Å². The SMILES string of the molecule is O=C(COC(=O)c1ccc(CO)cc1)NCCc1c[nH]c2ccccc12. The third-order valence-corrected chi connectivity index (χ3v) is 4.10.